The minimum atomic E-state index is -0.392. The van der Waals surface area contributed by atoms with E-state index in [0.29, 0.717) is 36.7 Å². The van der Waals surface area contributed by atoms with Crippen molar-refractivity contribution in [1.82, 2.24) is 10.3 Å². The molecule has 0 radical (unpaired) electrons. The highest BCUT2D eigenvalue weighted by Crippen LogP contribution is 2.36. The van der Waals surface area contributed by atoms with Crippen molar-refractivity contribution in [2.45, 2.75) is 12.8 Å². The van der Waals surface area contributed by atoms with Crippen molar-refractivity contribution in [3.05, 3.63) is 48.3 Å². The van der Waals surface area contributed by atoms with Gasteiger partial charge in [-0.3, -0.25) is 14.6 Å². The summed E-state index contributed by atoms with van der Waals surface area (Å²) in [5, 5.41) is 2.90. The Balaban J connectivity index is 1.62. The van der Waals surface area contributed by atoms with Gasteiger partial charge in [-0.15, -0.1) is 0 Å². The van der Waals surface area contributed by atoms with Crippen LogP contribution in [0.15, 0.2) is 42.6 Å². The van der Waals surface area contributed by atoms with Crippen LogP contribution >= 0.6 is 0 Å². The molecular weight excluding hydrogens is 346 g/mol. The molecule has 0 spiro atoms. The average Bonchev–Trinajstić information content (AvgIpc) is 3.09. The van der Waals surface area contributed by atoms with E-state index >= 15 is 0 Å². The maximum Gasteiger partial charge on any atom is 0.227 e. The number of nitrogens with zero attached hydrogens (tertiary/aromatic N) is 2. The molecule has 7 heteroatoms. The van der Waals surface area contributed by atoms with Gasteiger partial charge in [0.05, 0.1) is 25.8 Å². The topological polar surface area (TPSA) is 80.8 Å². The van der Waals surface area contributed by atoms with Crippen LogP contribution in [0.3, 0.4) is 0 Å². The first-order chi connectivity index (χ1) is 13.1. The quantitative estimate of drug-likeness (QED) is 0.805. The largest absolute Gasteiger partial charge is 0.497 e. The molecule has 1 N–H and O–H groups in total. The van der Waals surface area contributed by atoms with Crippen LogP contribution in [0.2, 0.25) is 0 Å². The van der Waals surface area contributed by atoms with E-state index in [1.165, 1.54) is 0 Å². The zero-order valence-electron chi connectivity index (χ0n) is 15.5. The van der Waals surface area contributed by atoms with Crippen LogP contribution in [-0.4, -0.2) is 44.1 Å². The summed E-state index contributed by atoms with van der Waals surface area (Å²) >= 11 is 0. The summed E-state index contributed by atoms with van der Waals surface area (Å²) in [4.78, 5) is 30.8. The van der Waals surface area contributed by atoms with Gasteiger partial charge in [0.1, 0.15) is 11.5 Å². The molecule has 2 aromatic rings. The van der Waals surface area contributed by atoms with E-state index in [9.17, 15) is 9.59 Å². The minimum absolute atomic E-state index is 0.105. The van der Waals surface area contributed by atoms with Gasteiger partial charge in [0, 0.05) is 43.9 Å². The number of carbonyl (C=O) groups is 2. The van der Waals surface area contributed by atoms with Crippen molar-refractivity contribution in [2.24, 2.45) is 5.92 Å². The normalized spacial score (nSPS) is 16.3. The molecule has 0 saturated carbocycles. The number of benzene rings is 1. The summed E-state index contributed by atoms with van der Waals surface area (Å²) in [6, 6.07) is 11.0. The van der Waals surface area contributed by atoms with Crippen LogP contribution in [0.5, 0.6) is 11.5 Å². The van der Waals surface area contributed by atoms with Gasteiger partial charge in [-0.25, -0.2) is 0 Å². The van der Waals surface area contributed by atoms with Crippen molar-refractivity contribution >= 4 is 17.5 Å². The van der Waals surface area contributed by atoms with Crippen molar-refractivity contribution in [1.29, 1.82) is 0 Å². The Morgan fingerprint density at radius 3 is 2.81 bits per heavy atom. The molecule has 1 saturated heterocycles. The number of ether oxygens (including phenoxy) is 2. The fourth-order valence-electron chi connectivity index (χ4n) is 3.13. The number of rotatable bonds is 7. The van der Waals surface area contributed by atoms with Crippen molar-refractivity contribution < 1.29 is 19.1 Å². The SMILES string of the molecule is COc1ccc(OC)c(N2C[C@H](C(=O)NCCc3ccccn3)CC2=O)c1. The third kappa shape index (κ3) is 4.36. The first-order valence-corrected chi connectivity index (χ1v) is 8.82. The van der Waals surface area contributed by atoms with E-state index < -0.39 is 5.92 Å². The van der Waals surface area contributed by atoms with E-state index in [-0.39, 0.29) is 18.2 Å². The van der Waals surface area contributed by atoms with E-state index in [0.717, 1.165) is 5.69 Å². The zero-order valence-corrected chi connectivity index (χ0v) is 15.5. The van der Waals surface area contributed by atoms with Crippen molar-refractivity contribution in [3.63, 3.8) is 0 Å². The summed E-state index contributed by atoms with van der Waals surface area (Å²) in [6.45, 7) is 0.806. The second kappa shape index (κ2) is 8.53. The van der Waals surface area contributed by atoms with Gasteiger partial charge in [0.25, 0.3) is 0 Å². The Bertz CT molecular complexity index is 810. The molecule has 0 bridgehead atoms. The maximum absolute atomic E-state index is 12.5. The molecule has 1 aliphatic heterocycles. The first kappa shape index (κ1) is 18.7. The predicted molar refractivity (Wildman–Crippen MR) is 101 cm³/mol. The summed E-state index contributed by atoms with van der Waals surface area (Å²) in [6.07, 6.45) is 2.56. The molecule has 0 unspecified atom stereocenters. The molecule has 27 heavy (non-hydrogen) atoms. The number of hydrogen-bond donors (Lipinski definition) is 1. The maximum atomic E-state index is 12.5. The van der Waals surface area contributed by atoms with Crippen LogP contribution in [0.25, 0.3) is 0 Å². The summed E-state index contributed by atoms with van der Waals surface area (Å²) in [5.41, 5.74) is 1.54. The van der Waals surface area contributed by atoms with Gasteiger partial charge in [0.2, 0.25) is 11.8 Å². The average molecular weight is 369 g/mol. The molecule has 7 nitrogen and oxygen atoms in total. The molecular formula is C20H23N3O4. The third-order valence-corrected chi connectivity index (χ3v) is 4.58. The smallest absolute Gasteiger partial charge is 0.227 e. The number of nitrogens with one attached hydrogen (secondary N) is 1. The van der Waals surface area contributed by atoms with Gasteiger partial charge in [-0.1, -0.05) is 6.07 Å². The molecule has 0 aliphatic carbocycles. The molecule has 3 rings (SSSR count). The van der Waals surface area contributed by atoms with E-state index in [1.54, 1.807) is 43.5 Å². The fourth-order valence-corrected chi connectivity index (χ4v) is 3.13. The number of carbonyl (C=O) groups excluding carboxylic acids is 2. The van der Waals surface area contributed by atoms with Gasteiger partial charge in [-0.05, 0) is 24.3 Å². The summed E-state index contributed by atoms with van der Waals surface area (Å²) in [7, 11) is 3.11. The molecule has 1 atom stereocenters. The Labute approximate surface area is 158 Å². The van der Waals surface area contributed by atoms with E-state index in [1.807, 2.05) is 18.2 Å². The highest BCUT2D eigenvalue weighted by molar-refractivity contribution is 6.01. The lowest BCUT2D eigenvalue weighted by molar-refractivity contribution is -0.126. The number of aromatic nitrogens is 1. The lowest BCUT2D eigenvalue weighted by Crippen LogP contribution is -2.34. The van der Waals surface area contributed by atoms with Crippen LogP contribution in [-0.2, 0) is 16.0 Å². The number of amides is 2. The molecule has 1 fully saturated rings. The molecule has 2 amide bonds. The van der Waals surface area contributed by atoms with Crippen LogP contribution < -0.4 is 19.7 Å². The highest BCUT2D eigenvalue weighted by atomic mass is 16.5. The summed E-state index contributed by atoms with van der Waals surface area (Å²) in [5.74, 6) is 0.578. The standard InChI is InChI=1S/C20H23N3O4/c1-26-16-6-7-18(27-2)17(12-16)23-13-14(11-19(23)24)20(25)22-10-8-15-5-3-4-9-21-15/h3-7,9,12,14H,8,10-11,13H2,1-2H3,(H,22,25)/t14-/m1/s1. The number of pyridine rings is 1. The van der Waals surface area contributed by atoms with Crippen LogP contribution in [0, 0.1) is 5.92 Å². The first-order valence-electron chi connectivity index (χ1n) is 8.82. The monoisotopic (exact) mass is 369 g/mol. The van der Waals surface area contributed by atoms with Crippen molar-refractivity contribution in [3.8, 4) is 11.5 Å². The van der Waals surface area contributed by atoms with Crippen molar-refractivity contribution in [2.75, 3.05) is 32.2 Å². The van der Waals surface area contributed by atoms with E-state index in [4.69, 9.17) is 9.47 Å². The summed E-state index contributed by atoms with van der Waals surface area (Å²) < 4.78 is 10.6. The van der Waals surface area contributed by atoms with Crippen LogP contribution in [0.1, 0.15) is 12.1 Å². The zero-order chi connectivity index (χ0) is 19.2. The Morgan fingerprint density at radius 2 is 2.11 bits per heavy atom. The van der Waals surface area contributed by atoms with Gasteiger partial charge in [0.15, 0.2) is 0 Å². The Morgan fingerprint density at radius 1 is 1.26 bits per heavy atom. The second-order valence-corrected chi connectivity index (χ2v) is 6.31. The van der Waals surface area contributed by atoms with Gasteiger partial charge >= 0.3 is 0 Å². The Kier molecular flexibility index (Phi) is 5.90. The molecule has 2 heterocycles. The predicted octanol–water partition coefficient (Wildman–Crippen LogP) is 1.81. The number of methoxy groups -OCH3 is 2. The number of hydrogen-bond acceptors (Lipinski definition) is 5. The fraction of sp³-hybridized carbons (Fsp3) is 0.350. The molecule has 1 aromatic carbocycles. The minimum Gasteiger partial charge on any atom is -0.497 e. The lowest BCUT2D eigenvalue weighted by Gasteiger charge is -2.20. The lowest BCUT2D eigenvalue weighted by atomic mass is 10.1. The number of anilines is 1. The Hall–Kier alpha value is -3.09. The van der Waals surface area contributed by atoms with Gasteiger partial charge < -0.3 is 19.7 Å². The molecule has 142 valence electrons. The molecule has 1 aliphatic rings. The van der Waals surface area contributed by atoms with E-state index in [2.05, 4.69) is 10.3 Å². The highest BCUT2D eigenvalue weighted by Gasteiger charge is 2.36. The second-order valence-electron chi connectivity index (χ2n) is 6.31. The van der Waals surface area contributed by atoms with Gasteiger partial charge in [-0.2, -0.15) is 0 Å². The molecule has 1 aromatic heterocycles. The van der Waals surface area contributed by atoms with Crippen LogP contribution in [0.4, 0.5) is 5.69 Å². The third-order valence-electron chi connectivity index (χ3n) is 4.58.